The highest BCUT2D eigenvalue weighted by Crippen LogP contribution is 2.18. The van der Waals surface area contributed by atoms with Crippen LogP contribution in [-0.4, -0.2) is 53.7 Å². The van der Waals surface area contributed by atoms with Crippen LogP contribution in [-0.2, 0) is 11.2 Å². The molecule has 1 aliphatic rings. The van der Waals surface area contributed by atoms with Crippen LogP contribution in [0.5, 0.6) is 0 Å². The molecule has 2 heterocycles. The molecule has 5 nitrogen and oxygen atoms in total. The first-order chi connectivity index (χ1) is 8.81. The number of likely N-dealkylation sites (tertiary alicyclic amines) is 1. The lowest BCUT2D eigenvalue weighted by Gasteiger charge is -2.31. The van der Waals surface area contributed by atoms with Crippen LogP contribution in [0.3, 0.4) is 0 Å². The van der Waals surface area contributed by atoms with Gasteiger partial charge in [-0.2, -0.15) is 4.37 Å². The predicted molar refractivity (Wildman–Crippen MR) is 74.2 cm³/mol. The average Bonchev–Trinajstić information content (AvgIpc) is 2.85. The highest BCUT2D eigenvalue weighted by atomic mass is 32.1. The fourth-order valence-electron chi connectivity index (χ4n) is 2.18. The van der Waals surface area contributed by atoms with Gasteiger partial charge in [0.1, 0.15) is 5.82 Å². The van der Waals surface area contributed by atoms with E-state index in [0.29, 0.717) is 12.6 Å². The van der Waals surface area contributed by atoms with Gasteiger partial charge >= 0.3 is 0 Å². The predicted octanol–water partition coefficient (Wildman–Crippen LogP) is 1.62. The number of hydrogen-bond acceptors (Lipinski definition) is 6. The third kappa shape index (κ3) is 3.90. The van der Waals surface area contributed by atoms with E-state index < -0.39 is 0 Å². The van der Waals surface area contributed by atoms with Crippen molar-refractivity contribution in [3.8, 4) is 0 Å². The third-order valence-electron chi connectivity index (χ3n) is 3.36. The number of rotatable bonds is 6. The fourth-order valence-corrected chi connectivity index (χ4v) is 2.87. The minimum absolute atomic E-state index is 0.552. The molecular weight excluding hydrogens is 248 g/mol. The van der Waals surface area contributed by atoms with Crippen LogP contribution in [0.2, 0.25) is 0 Å². The second-order valence-electron chi connectivity index (χ2n) is 4.61. The molecule has 1 fully saturated rings. The summed E-state index contributed by atoms with van der Waals surface area (Å²) < 4.78 is 9.36. The summed E-state index contributed by atoms with van der Waals surface area (Å²) in [6.45, 7) is 6.44. The summed E-state index contributed by atoms with van der Waals surface area (Å²) in [7, 11) is 1.70. The maximum Gasteiger partial charge on any atom is 0.202 e. The van der Waals surface area contributed by atoms with Gasteiger partial charge in [0.25, 0.3) is 0 Å². The van der Waals surface area contributed by atoms with Crippen molar-refractivity contribution in [2.75, 3.05) is 38.7 Å². The molecular formula is C12H22N4OS. The summed E-state index contributed by atoms with van der Waals surface area (Å²) >= 11 is 1.46. The van der Waals surface area contributed by atoms with Crippen LogP contribution in [0.1, 0.15) is 25.6 Å². The molecule has 1 aromatic rings. The zero-order chi connectivity index (χ0) is 12.8. The number of hydrogen-bond donors (Lipinski definition) is 1. The summed E-state index contributed by atoms with van der Waals surface area (Å²) in [5, 5.41) is 4.45. The number of nitrogens with zero attached hydrogens (tertiary/aromatic N) is 3. The van der Waals surface area contributed by atoms with Gasteiger partial charge < -0.3 is 15.0 Å². The van der Waals surface area contributed by atoms with Gasteiger partial charge in [-0.15, -0.1) is 0 Å². The summed E-state index contributed by atoms with van der Waals surface area (Å²) in [6.07, 6.45) is 3.19. The van der Waals surface area contributed by atoms with Crippen LogP contribution < -0.4 is 5.32 Å². The normalized spacial score (nSPS) is 18.1. The summed E-state index contributed by atoms with van der Waals surface area (Å²) in [5.74, 6) is 0.885. The van der Waals surface area contributed by atoms with Gasteiger partial charge in [-0.05, 0) is 19.4 Å². The van der Waals surface area contributed by atoms with Crippen molar-refractivity contribution in [2.45, 2.75) is 32.2 Å². The number of ether oxygens (including phenoxy) is 1. The Morgan fingerprint density at radius 1 is 1.44 bits per heavy atom. The van der Waals surface area contributed by atoms with E-state index in [-0.39, 0.29) is 0 Å². The first-order valence-corrected chi connectivity index (χ1v) is 7.39. The van der Waals surface area contributed by atoms with Crippen LogP contribution in [0.4, 0.5) is 5.13 Å². The van der Waals surface area contributed by atoms with Crippen molar-refractivity contribution in [3.63, 3.8) is 0 Å². The molecule has 0 atom stereocenters. The number of piperidine rings is 1. The van der Waals surface area contributed by atoms with E-state index in [2.05, 4.69) is 26.5 Å². The zero-order valence-corrected chi connectivity index (χ0v) is 12.0. The molecule has 2 rings (SSSR count). The molecule has 1 aliphatic heterocycles. The molecule has 18 heavy (non-hydrogen) atoms. The molecule has 0 spiro atoms. The zero-order valence-electron chi connectivity index (χ0n) is 11.2. The Bertz CT molecular complexity index is 350. The molecule has 0 amide bonds. The molecule has 0 bridgehead atoms. The molecule has 1 N–H and O–H groups in total. The maximum atomic E-state index is 5.03. The van der Waals surface area contributed by atoms with Gasteiger partial charge in [0.15, 0.2) is 0 Å². The average molecular weight is 270 g/mol. The van der Waals surface area contributed by atoms with E-state index in [1.807, 2.05) is 0 Å². The van der Waals surface area contributed by atoms with Crippen LogP contribution >= 0.6 is 11.5 Å². The summed E-state index contributed by atoms with van der Waals surface area (Å²) in [6, 6.07) is 0.552. The van der Waals surface area contributed by atoms with Gasteiger partial charge in [-0.3, -0.25) is 0 Å². The van der Waals surface area contributed by atoms with E-state index in [9.17, 15) is 0 Å². The minimum atomic E-state index is 0.552. The Morgan fingerprint density at radius 2 is 2.22 bits per heavy atom. The Hall–Kier alpha value is -0.720. The molecule has 0 aliphatic carbocycles. The van der Waals surface area contributed by atoms with Gasteiger partial charge in [-0.25, -0.2) is 4.98 Å². The minimum Gasteiger partial charge on any atom is -0.384 e. The SMILES string of the molecule is CCN1CCC(Nc2nc(CCOC)ns2)CC1. The number of aromatic nitrogens is 2. The number of anilines is 1. The van der Waals surface area contributed by atoms with Crippen LogP contribution in [0.15, 0.2) is 0 Å². The Balaban J connectivity index is 1.77. The van der Waals surface area contributed by atoms with Crippen molar-refractivity contribution >= 4 is 16.7 Å². The van der Waals surface area contributed by atoms with Crippen LogP contribution in [0, 0.1) is 0 Å². The third-order valence-corrected chi connectivity index (χ3v) is 4.04. The second kappa shape index (κ2) is 7.01. The quantitative estimate of drug-likeness (QED) is 0.851. The van der Waals surface area contributed by atoms with Crippen molar-refractivity contribution in [3.05, 3.63) is 5.82 Å². The topological polar surface area (TPSA) is 50.3 Å². The highest BCUT2D eigenvalue weighted by Gasteiger charge is 2.18. The fraction of sp³-hybridized carbons (Fsp3) is 0.833. The van der Waals surface area contributed by atoms with Crippen molar-refractivity contribution in [1.29, 1.82) is 0 Å². The molecule has 102 valence electrons. The van der Waals surface area contributed by atoms with E-state index in [0.717, 1.165) is 23.9 Å². The standard InChI is InChI=1S/C12H22N4OS/c1-3-16-7-4-10(5-8-16)13-12-14-11(15-18-12)6-9-17-2/h10H,3-9H2,1-2H3,(H,13,14,15). The first kappa shape index (κ1) is 13.7. The summed E-state index contributed by atoms with van der Waals surface area (Å²) in [4.78, 5) is 6.97. The van der Waals surface area contributed by atoms with Crippen molar-refractivity contribution in [2.24, 2.45) is 0 Å². The lowest BCUT2D eigenvalue weighted by Crippen LogP contribution is -2.38. The first-order valence-electron chi connectivity index (χ1n) is 6.62. The molecule has 6 heteroatoms. The lowest BCUT2D eigenvalue weighted by atomic mass is 10.1. The Morgan fingerprint density at radius 3 is 2.89 bits per heavy atom. The Kier molecular flexibility index (Phi) is 5.34. The van der Waals surface area contributed by atoms with Gasteiger partial charge in [0, 0.05) is 44.2 Å². The molecule has 0 aromatic carbocycles. The van der Waals surface area contributed by atoms with Crippen molar-refractivity contribution in [1.82, 2.24) is 14.3 Å². The number of methoxy groups -OCH3 is 1. The lowest BCUT2D eigenvalue weighted by molar-refractivity contribution is 0.201. The van der Waals surface area contributed by atoms with E-state index in [1.54, 1.807) is 7.11 Å². The maximum absolute atomic E-state index is 5.03. The molecule has 1 saturated heterocycles. The van der Waals surface area contributed by atoms with Gasteiger partial charge in [0.2, 0.25) is 5.13 Å². The number of nitrogens with one attached hydrogen (secondary N) is 1. The molecule has 0 unspecified atom stereocenters. The van der Waals surface area contributed by atoms with Crippen LogP contribution in [0.25, 0.3) is 0 Å². The van der Waals surface area contributed by atoms with Gasteiger partial charge in [-0.1, -0.05) is 6.92 Å². The van der Waals surface area contributed by atoms with Crippen molar-refractivity contribution < 1.29 is 4.74 Å². The molecule has 0 radical (unpaired) electrons. The van der Waals surface area contributed by atoms with E-state index >= 15 is 0 Å². The van der Waals surface area contributed by atoms with E-state index in [4.69, 9.17) is 4.74 Å². The molecule has 0 saturated carbocycles. The van der Waals surface area contributed by atoms with E-state index in [1.165, 1.54) is 37.5 Å². The Labute approximate surface area is 113 Å². The summed E-state index contributed by atoms with van der Waals surface area (Å²) in [5.41, 5.74) is 0. The molecule has 1 aromatic heterocycles. The smallest absolute Gasteiger partial charge is 0.202 e. The second-order valence-corrected chi connectivity index (χ2v) is 5.36. The van der Waals surface area contributed by atoms with Gasteiger partial charge in [0.05, 0.1) is 6.61 Å². The largest absolute Gasteiger partial charge is 0.384 e. The highest BCUT2D eigenvalue weighted by molar-refractivity contribution is 7.09. The monoisotopic (exact) mass is 270 g/mol.